The molecule has 0 spiro atoms. The van der Waals surface area contributed by atoms with Gasteiger partial charge in [-0.05, 0) is 38.1 Å². The molecule has 2 aromatic carbocycles. The zero-order valence-corrected chi connectivity index (χ0v) is 16.1. The quantitative estimate of drug-likeness (QED) is 0.540. The number of carboxylic acid groups (broad SMARTS) is 2. The van der Waals surface area contributed by atoms with Crippen LogP contribution in [0.2, 0.25) is 0 Å². The van der Waals surface area contributed by atoms with Crippen LogP contribution in [0.4, 0.5) is 0 Å². The SMILES string of the molecule is C=C(C)C(=O)O.C=C(C)C(=O)O.c1ccc(OCCOc2ccccc2)cc1. The van der Waals surface area contributed by atoms with Crippen molar-refractivity contribution in [1.82, 2.24) is 0 Å². The van der Waals surface area contributed by atoms with Gasteiger partial charge in [-0.3, -0.25) is 0 Å². The van der Waals surface area contributed by atoms with Gasteiger partial charge in [0.2, 0.25) is 0 Å². The average Bonchev–Trinajstić information content (AvgIpc) is 2.68. The fourth-order valence-corrected chi connectivity index (χ4v) is 1.35. The number of rotatable bonds is 7. The molecule has 0 fully saturated rings. The maximum absolute atomic E-state index is 9.60. The summed E-state index contributed by atoms with van der Waals surface area (Å²) in [6.07, 6.45) is 0. The Kier molecular flexibility index (Phi) is 12.8. The molecule has 0 unspecified atom stereocenters. The van der Waals surface area contributed by atoms with Crippen molar-refractivity contribution in [2.45, 2.75) is 13.8 Å². The number of carboxylic acids is 2. The molecule has 0 amide bonds. The third kappa shape index (κ3) is 13.7. The molecule has 28 heavy (non-hydrogen) atoms. The summed E-state index contributed by atoms with van der Waals surface area (Å²) in [5.74, 6) is -0.122. The molecule has 0 bridgehead atoms. The van der Waals surface area contributed by atoms with Crippen LogP contribution in [0.25, 0.3) is 0 Å². The third-order valence-corrected chi connectivity index (χ3v) is 2.84. The number of hydrogen-bond donors (Lipinski definition) is 2. The normalized spacial score (nSPS) is 8.79. The van der Waals surface area contributed by atoms with E-state index in [1.165, 1.54) is 13.8 Å². The van der Waals surface area contributed by atoms with Gasteiger partial charge >= 0.3 is 11.9 Å². The average molecular weight is 386 g/mol. The van der Waals surface area contributed by atoms with Crippen LogP contribution in [0.3, 0.4) is 0 Å². The Hall–Kier alpha value is -3.54. The van der Waals surface area contributed by atoms with Crippen molar-refractivity contribution in [2.24, 2.45) is 0 Å². The molecule has 2 N–H and O–H groups in total. The Labute approximate surface area is 165 Å². The van der Waals surface area contributed by atoms with Crippen LogP contribution in [0.5, 0.6) is 11.5 Å². The third-order valence-electron chi connectivity index (χ3n) is 2.84. The van der Waals surface area contributed by atoms with Gasteiger partial charge in [0.25, 0.3) is 0 Å². The lowest BCUT2D eigenvalue weighted by Gasteiger charge is -2.07. The van der Waals surface area contributed by atoms with Gasteiger partial charge in [0.1, 0.15) is 24.7 Å². The molecule has 2 aromatic rings. The topological polar surface area (TPSA) is 93.1 Å². The molecule has 0 saturated heterocycles. The fourth-order valence-electron chi connectivity index (χ4n) is 1.35. The molecular weight excluding hydrogens is 360 g/mol. The first-order chi connectivity index (χ1) is 13.2. The highest BCUT2D eigenvalue weighted by molar-refractivity contribution is 5.85. The number of hydrogen-bond acceptors (Lipinski definition) is 4. The van der Waals surface area contributed by atoms with Crippen molar-refractivity contribution in [3.05, 3.63) is 85.0 Å². The van der Waals surface area contributed by atoms with E-state index in [0.717, 1.165) is 11.5 Å². The lowest BCUT2D eigenvalue weighted by molar-refractivity contribution is -0.133. The number of aliphatic carboxylic acids is 2. The zero-order chi connectivity index (χ0) is 21.4. The Bertz CT molecular complexity index is 649. The summed E-state index contributed by atoms with van der Waals surface area (Å²) in [6.45, 7) is 10.3. The van der Waals surface area contributed by atoms with Crippen molar-refractivity contribution in [3.8, 4) is 11.5 Å². The predicted octanol–water partition coefficient (Wildman–Crippen LogP) is 4.44. The van der Waals surface area contributed by atoms with E-state index in [0.29, 0.717) is 13.2 Å². The van der Waals surface area contributed by atoms with Crippen LogP contribution in [-0.2, 0) is 9.59 Å². The molecule has 150 valence electrons. The number of carbonyl (C=O) groups is 2. The molecular formula is C22H26O6. The van der Waals surface area contributed by atoms with Gasteiger partial charge in [0.15, 0.2) is 0 Å². The second kappa shape index (κ2) is 14.6. The van der Waals surface area contributed by atoms with Gasteiger partial charge in [0.05, 0.1) is 0 Å². The van der Waals surface area contributed by atoms with Crippen LogP contribution < -0.4 is 9.47 Å². The number of para-hydroxylation sites is 2. The van der Waals surface area contributed by atoms with E-state index in [1.807, 2.05) is 60.7 Å². The summed E-state index contributed by atoms with van der Waals surface area (Å²) in [5, 5.41) is 15.8. The predicted molar refractivity (Wildman–Crippen MR) is 109 cm³/mol. The zero-order valence-electron chi connectivity index (χ0n) is 16.1. The number of benzene rings is 2. The summed E-state index contributed by atoms with van der Waals surface area (Å²) in [7, 11) is 0. The summed E-state index contributed by atoms with van der Waals surface area (Å²) in [6, 6.07) is 19.5. The monoisotopic (exact) mass is 386 g/mol. The molecule has 0 aliphatic rings. The van der Waals surface area contributed by atoms with Gasteiger partial charge in [0, 0.05) is 11.1 Å². The first-order valence-electron chi connectivity index (χ1n) is 8.37. The van der Waals surface area contributed by atoms with E-state index in [1.54, 1.807) is 0 Å². The lowest BCUT2D eigenvalue weighted by Crippen LogP contribution is -2.08. The van der Waals surface area contributed by atoms with Crippen LogP contribution in [-0.4, -0.2) is 35.4 Å². The van der Waals surface area contributed by atoms with Crippen molar-refractivity contribution in [3.63, 3.8) is 0 Å². The van der Waals surface area contributed by atoms with E-state index < -0.39 is 11.9 Å². The van der Waals surface area contributed by atoms with E-state index >= 15 is 0 Å². The summed E-state index contributed by atoms with van der Waals surface area (Å²) in [4.78, 5) is 19.2. The van der Waals surface area contributed by atoms with Gasteiger partial charge in [-0.1, -0.05) is 49.6 Å². The van der Waals surface area contributed by atoms with Gasteiger partial charge in [-0.15, -0.1) is 0 Å². The van der Waals surface area contributed by atoms with Crippen LogP contribution in [0, 0.1) is 0 Å². The Morgan fingerprint density at radius 2 is 0.964 bits per heavy atom. The van der Waals surface area contributed by atoms with Crippen molar-refractivity contribution in [2.75, 3.05) is 13.2 Å². The summed E-state index contributed by atoms with van der Waals surface area (Å²) >= 11 is 0. The second-order valence-corrected chi connectivity index (χ2v) is 5.49. The maximum Gasteiger partial charge on any atom is 0.330 e. The van der Waals surface area contributed by atoms with Crippen LogP contribution in [0.15, 0.2) is 85.0 Å². The molecule has 0 aliphatic heterocycles. The highest BCUT2D eigenvalue weighted by Crippen LogP contribution is 2.10. The first-order valence-corrected chi connectivity index (χ1v) is 8.37. The Balaban J connectivity index is 0.000000505. The summed E-state index contributed by atoms with van der Waals surface area (Å²) < 4.78 is 11.0. The molecule has 0 radical (unpaired) electrons. The molecule has 6 heteroatoms. The molecule has 0 aliphatic carbocycles. The molecule has 0 atom stereocenters. The molecule has 2 rings (SSSR count). The molecule has 0 aromatic heterocycles. The van der Waals surface area contributed by atoms with Crippen LogP contribution in [0.1, 0.15) is 13.8 Å². The Morgan fingerprint density at radius 3 is 1.18 bits per heavy atom. The molecule has 0 heterocycles. The van der Waals surface area contributed by atoms with Gasteiger partial charge in [-0.2, -0.15) is 0 Å². The van der Waals surface area contributed by atoms with Gasteiger partial charge in [-0.25, -0.2) is 9.59 Å². The van der Waals surface area contributed by atoms with E-state index in [2.05, 4.69) is 13.2 Å². The molecule has 0 saturated carbocycles. The highest BCUT2D eigenvalue weighted by Gasteiger charge is 1.93. The van der Waals surface area contributed by atoms with E-state index in [4.69, 9.17) is 19.7 Å². The van der Waals surface area contributed by atoms with Gasteiger partial charge < -0.3 is 19.7 Å². The first kappa shape index (κ1) is 24.5. The minimum Gasteiger partial charge on any atom is -0.490 e. The standard InChI is InChI=1S/C14H14O2.2C4H6O2/c1-3-7-13(8-4-1)15-11-12-16-14-9-5-2-6-10-14;2*1-3(2)4(5)6/h1-10H,11-12H2;2*1H2,2H3,(H,5,6). The van der Waals surface area contributed by atoms with Crippen LogP contribution >= 0.6 is 0 Å². The maximum atomic E-state index is 9.60. The minimum absolute atomic E-state index is 0.176. The molecule has 6 nitrogen and oxygen atoms in total. The fraction of sp³-hybridized carbons (Fsp3) is 0.182. The minimum atomic E-state index is -0.935. The Morgan fingerprint density at radius 1 is 0.714 bits per heavy atom. The van der Waals surface area contributed by atoms with E-state index in [-0.39, 0.29) is 11.1 Å². The largest absolute Gasteiger partial charge is 0.490 e. The van der Waals surface area contributed by atoms with Crippen molar-refractivity contribution >= 4 is 11.9 Å². The second-order valence-electron chi connectivity index (χ2n) is 5.49. The van der Waals surface area contributed by atoms with Crippen molar-refractivity contribution < 1.29 is 29.3 Å². The number of ether oxygens (including phenoxy) is 2. The van der Waals surface area contributed by atoms with E-state index in [9.17, 15) is 9.59 Å². The van der Waals surface area contributed by atoms with Crippen molar-refractivity contribution in [1.29, 1.82) is 0 Å². The smallest absolute Gasteiger partial charge is 0.330 e. The summed E-state index contributed by atoms with van der Waals surface area (Å²) in [5.41, 5.74) is 0.352. The highest BCUT2D eigenvalue weighted by atomic mass is 16.5. The lowest BCUT2D eigenvalue weighted by atomic mass is 10.3.